The topological polar surface area (TPSA) is 32.7 Å². The summed E-state index contributed by atoms with van der Waals surface area (Å²) in [6, 6.07) is 10.6. The molecule has 2 atom stereocenters. The lowest BCUT2D eigenvalue weighted by Crippen LogP contribution is -2.50. The number of rotatable bonds is 4. The molecule has 0 amide bonds. The molecule has 1 aliphatic heterocycles. The Morgan fingerprint density at radius 1 is 1.33 bits per heavy atom. The zero-order valence-corrected chi connectivity index (χ0v) is 11.2. The molecule has 0 aliphatic carbocycles. The maximum absolute atomic E-state index is 9.99. The highest BCUT2D eigenvalue weighted by Crippen LogP contribution is 2.17. The van der Waals surface area contributed by atoms with Crippen LogP contribution in [0.2, 0.25) is 0 Å². The molecular weight excluding hydrogens is 226 g/mol. The smallest absolute Gasteiger partial charge is 0.0965 e. The lowest BCUT2D eigenvalue weighted by Gasteiger charge is -2.38. The molecule has 1 heterocycles. The number of ether oxygens (including phenoxy) is 1. The molecule has 2 rings (SSSR count). The van der Waals surface area contributed by atoms with Crippen molar-refractivity contribution in [3.63, 3.8) is 0 Å². The molecule has 0 spiro atoms. The van der Waals surface area contributed by atoms with Crippen molar-refractivity contribution >= 4 is 0 Å². The van der Waals surface area contributed by atoms with Crippen molar-refractivity contribution in [2.75, 3.05) is 13.1 Å². The van der Waals surface area contributed by atoms with Crippen LogP contribution in [0.1, 0.15) is 25.8 Å². The summed E-state index contributed by atoms with van der Waals surface area (Å²) in [6.07, 6.45) is 0.405. The summed E-state index contributed by atoms with van der Waals surface area (Å²) in [5.41, 5.74) is 1.16. The number of benzene rings is 1. The van der Waals surface area contributed by atoms with Crippen LogP contribution in [0.5, 0.6) is 0 Å². The van der Waals surface area contributed by atoms with Crippen molar-refractivity contribution in [3.05, 3.63) is 35.9 Å². The average molecular weight is 249 g/mol. The van der Waals surface area contributed by atoms with E-state index in [2.05, 4.69) is 30.9 Å². The molecule has 1 saturated heterocycles. The highest BCUT2D eigenvalue weighted by Gasteiger charge is 2.29. The normalized spacial score (nSPS) is 25.6. The van der Waals surface area contributed by atoms with E-state index in [9.17, 15) is 5.11 Å². The van der Waals surface area contributed by atoms with Gasteiger partial charge in [-0.3, -0.25) is 4.90 Å². The van der Waals surface area contributed by atoms with E-state index in [0.29, 0.717) is 12.6 Å². The average Bonchev–Trinajstić information content (AvgIpc) is 2.38. The van der Waals surface area contributed by atoms with Crippen molar-refractivity contribution in [1.82, 2.24) is 4.90 Å². The van der Waals surface area contributed by atoms with Gasteiger partial charge in [0.25, 0.3) is 0 Å². The monoisotopic (exact) mass is 249 g/mol. The Hall–Kier alpha value is -0.900. The first kappa shape index (κ1) is 13.5. The van der Waals surface area contributed by atoms with Gasteiger partial charge in [0, 0.05) is 19.1 Å². The number of aliphatic hydroxyl groups is 1. The highest BCUT2D eigenvalue weighted by molar-refractivity contribution is 5.13. The van der Waals surface area contributed by atoms with Gasteiger partial charge in [-0.15, -0.1) is 0 Å². The van der Waals surface area contributed by atoms with Crippen LogP contribution in [0.25, 0.3) is 0 Å². The Kier molecular flexibility index (Phi) is 4.75. The molecule has 1 aromatic carbocycles. The minimum Gasteiger partial charge on any atom is -0.390 e. The van der Waals surface area contributed by atoms with Crippen LogP contribution in [0.4, 0.5) is 0 Å². The molecule has 3 heteroatoms. The number of hydrogen-bond acceptors (Lipinski definition) is 3. The third kappa shape index (κ3) is 3.55. The molecule has 100 valence electrons. The van der Waals surface area contributed by atoms with Crippen molar-refractivity contribution in [3.8, 4) is 0 Å². The van der Waals surface area contributed by atoms with Crippen molar-refractivity contribution in [2.24, 2.45) is 0 Å². The first-order valence-corrected chi connectivity index (χ1v) is 6.74. The van der Waals surface area contributed by atoms with E-state index in [1.807, 2.05) is 18.2 Å². The maximum Gasteiger partial charge on any atom is 0.0965 e. The molecule has 0 aromatic heterocycles. The molecular formula is C15H23NO2. The van der Waals surface area contributed by atoms with E-state index in [0.717, 1.165) is 25.1 Å². The lowest BCUT2D eigenvalue weighted by molar-refractivity contribution is -0.0913. The minimum atomic E-state index is -0.330. The Morgan fingerprint density at radius 3 is 2.72 bits per heavy atom. The van der Waals surface area contributed by atoms with Crippen LogP contribution in [-0.4, -0.2) is 41.3 Å². The molecule has 0 unspecified atom stereocenters. The fourth-order valence-electron chi connectivity index (χ4n) is 2.34. The Labute approximate surface area is 109 Å². The van der Waals surface area contributed by atoms with E-state index in [4.69, 9.17) is 4.74 Å². The SMILES string of the molecule is CC(C)N1CC[C@@H](O)[C@H](OCc2ccccc2)C1. The molecule has 1 aromatic rings. The van der Waals surface area contributed by atoms with Gasteiger partial charge in [-0.2, -0.15) is 0 Å². The third-order valence-corrected chi connectivity index (χ3v) is 3.59. The second-order valence-electron chi connectivity index (χ2n) is 5.28. The van der Waals surface area contributed by atoms with E-state index in [-0.39, 0.29) is 12.2 Å². The van der Waals surface area contributed by atoms with Gasteiger partial charge in [0.1, 0.15) is 0 Å². The van der Waals surface area contributed by atoms with Gasteiger partial charge in [-0.1, -0.05) is 30.3 Å². The summed E-state index contributed by atoms with van der Waals surface area (Å²) in [7, 11) is 0. The summed E-state index contributed by atoms with van der Waals surface area (Å²) in [5, 5.41) is 9.99. The van der Waals surface area contributed by atoms with Crippen LogP contribution in [0.15, 0.2) is 30.3 Å². The summed E-state index contributed by atoms with van der Waals surface area (Å²) in [5.74, 6) is 0. The van der Waals surface area contributed by atoms with Gasteiger partial charge in [-0.25, -0.2) is 0 Å². The van der Waals surface area contributed by atoms with Crippen LogP contribution < -0.4 is 0 Å². The van der Waals surface area contributed by atoms with Crippen LogP contribution >= 0.6 is 0 Å². The van der Waals surface area contributed by atoms with E-state index < -0.39 is 0 Å². The van der Waals surface area contributed by atoms with Crippen LogP contribution in [-0.2, 0) is 11.3 Å². The van der Waals surface area contributed by atoms with Crippen molar-refractivity contribution in [1.29, 1.82) is 0 Å². The molecule has 0 saturated carbocycles. The zero-order valence-electron chi connectivity index (χ0n) is 11.2. The second-order valence-corrected chi connectivity index (χ2v) is 5.28. The molecule has 1 fully saturated rings. The van der Waals surface area contributed by atoms with E-state index >= 15 is 0 Å². The molecule has 1 N–H and O–H groups in total. The predicted molar refractivity (Wildman–Crippen MR) is 72.4 cm³/mol. The van der Waals surface area contributed by atoms with Crippen molar-refractivity contribution < 1.29 is 9.84 Å². The van der Waals surface area contributed by atoms with Crippen LogP contribution in [0.3, 0.4) is 0 Å². The first-order valence-electron chi connectivity index (χ1n) is 6.74. The Morgan fingerprint density at radius 2 is 2.06 bits per heavy atom. The van der Waals surface area contributed by atoms with Gasteiger partial charge < -0.3 is 9.84 Å². The maximum atomic E-state index is 9.99. The van der Waals surface area contributed by atoms with Gasteiger partial charge >= 0.3 is 0 Å². The largest absolute Gasteiger partial charge is 0.390 e. The fourth-order valence-corrected chi connectivity index (χ4v) is 2.34. The van der Waals surface area contributed by atoms with Gasteiger partial charge in [0.15, 0.2) is 0 Å². The molecule has 0 radical (unpaired) electrons. The van der Waals surface area contributed by atoms with Gasteiger partial charge in [0.2, 0.25) is 0 Å². The van der Waals surface area contributed by atoms with Crippen LogP contribution in [0, 0.1) is 0 Å². The number of likely N-dealkylation sites (tertiary alicyclic amines) is 1. The molecule has 3 nitrogen and oxygen atoms in total. The predicted octanol–water partition coefficient (Wildman–Crippen LogP) is 2.05. The molecule has 1 aliphatic rings. The summed E-state index contributed by atoms with van der Waals surface area (Å²) in [6.45, 7) is 6.74. The Bertz CT molecular complexity index is 353. The standard InChI is InChI=1S/C15H23NO2/c1-12(2)16-9-8-14(17)15(10-16)18-11-13-6-4-3-5-7-13/h3-7,12,14-15,17H,8-11H2,1-2H3/t14-,15-/m1/s1. The summed E-state index contributed by atoms with van der Waals surface area (Å²) >= 11 is 0. The van der Waals surface area contributed by atoms with E-state index in [1.54, 1.807) is 0 Å². The van der Waals surface area contributed by atoms with Gasteiger partial charge in [0.05, 0.1) is 18.8 Å². The first-order chi connectivity index (χ1) is 8.66. The molecule has 18 heavy (non-hydrogen) atoms. The number of aliphatic hydroxyl groups excluding tert-OH is 1. The summed E-state index contributed by atoms with van der Waals surface area (Å²) in [4.78, 5) is 2.36. The fraction of sp³-hybridized carbons (Fsp3) is 0.600. The zero-order chi connectivity index (χ0) is 13.0. The number of nitrogens with zero attached hydrogens (tertiary/aromatic N) is 1. The Balaban J connectivity index is 1.87. The van der Waals surface area contributed by atoms with E-state index in [1.165, 1.54) is 0 Å². The van der Waals surface area contributed by atoms with Gasteiger partial charge in [-0.05, 0) is 25.8 Å². The minimum absolute atomic E-state index is 0.0682. The quantitative estimate of drug-likeness (QED) is 0.886. The third-order valence-electron chi connectivity index (χ3n) is 3.59. The van der Waals surface area contributed by atoms with Crippen molar-refractivity contribution in [2.45, 2.75) is 45.1 Å². The lowest BCUT2D eigenvalue weighted by atomic mass is 10.0. The molecule has 0 bridgehead atoms. The second kappa shape index (κ2) is 6.32. The number of hydrogen-bond donors (Lipinski definition) is 1. The summed E-state index contributed by atoms with van der Waals surface area (Å²) < 4.78 is 5.87. The number of piperidine rings is 1. The highest BCUT2D eigenvalue weighted by atomic mass is 16.5.